The lowest BCUT2D eigenvalue weighted by atomic mass is 10.0. The second-order valence-corrected chi connectivity index (χ2v) is 8.48. The van der Waals surface area contributed by atoms with Gasteiger partial charge in [0, 0.05) is 35.5 Å². The maximum Gasteiger partial charge on any atom is 0.414 e. The summed E-state index contributed by atoms with van der Waals surface area (Å²) in [6, 6.07) is 13.1. The molecule has 0 spiro atoms. The number of hydrogen-bond acceptors (Lipinski definition) is 4. The second kappa shape index (κ2) is 7.41. The van der Waals surface area contributed by atoms with Crippen molar-refractivity contribution in [3.8, 4) is 0 Å². The van der Waals surface area contributed by atoms with Crippen molar-refractivity contribution in [1.82, 2.24) is 4.90 Å². The average Bonchev–Trinajstić information content (AvgIpc) is 3.12. The summed E-state index contributed by atoms with van der Waals surface area (Å²) in [6.07, 6.45) is 4.18. The summed E-state index contributed by atoms with van der Waals surface area (Å²) in [5, 5.41) is 2.08. The summed E-state index contributed by atoms with van der Waals surface area (Å²) in [5.74, 6) is 0. The topological polar surface area (TPSA) is 32.8 Å². The average molecular weight is 371 g/mol. The number of thiophene rings is 1. The van der Waals surface area contributed by atoms with Crippen molar-refractivity contribution in [3.63, 3.8) is 0 Å². The van der Waals surface area contributed by atoms with Gasteiger partial charge in [-0.1, -0.05) is 18.2 Å². The van der Waals surface area contributed by atoms with Crippen molar-refractivity contribution in [1.29, 1.82) is 0 Å². The number of aryl methyl sites for hydroxylation is 1. The molecule has 0 saturated carbocycles. The first-order valence-electron chi connectivity index (χ1n) is 9.40. The number of ether oxygens (including phenoxy) is 1. The molecule has 2 aromatic rings. The Morgan fingerprint density at radius 2 is 1.88 bits per heavy atom. The second-order valence-electron chi connectivity index (χ2n) is 7.48. The van der Waals surface area contributed by atoms with Crippen LogP contribution >= 0.6 is 11.3 Å². The van der Waals surface area contributed by atoms with Crippen LogP contribution in [0, 0.1) is 6.92 Å². The smallest absolute Gasteiger partial charge is 0.414 e. The van der Waals surface area contributed by atoms with Gasteiger partial charge in [0.25, 0.3) is 0 Å². The Morgan fingerprint density at radius 3 is 2.50 bits per heavy atom. The fourth-order valence-electron chi connectivity index (χ4n) is 4.24. The standard InChI is InChI=1S/C21H26N2O2S/c1-15-10-11-26-20(15)14-23(16-6-4-3-5-7-16)21(24)25-19-12-17-8-9-18(13-19)22(17)2/h3-7,10-11,17-19H,8-9,12-14H2,1-2H3/t17-,18+,19?. The Balaban J connectivity index is 1.50. The maximum atomic E-state index is 13.1. The summed E-state index contributed by atoms with van der Waals surface area (Å²) in [5.41, 5.74) is 2.11. The number of amides is 1. The van der Waals surface area contributed by atoms with Gasteiger partial charge in [0.05, 0.1) is 6.54 Å². The van der Waals surface area contributed by atoms with Crippen molar-refractivity contribution >= 4 is 23.1 Å². The summed E-state index contributed by atoms with van der Waals surface area (Å²) in [4.78, 5) is 18.5. The highest BCUT2D eigenvalue weighted by Gasteiger charge is 2.40. The lowest BCUT2D eigenvalue weighted by Gasteiger charge is -2.36. The molecule has 2 saturated heterocycles. The van der Waals surface area contributed by atoms with E-state index in [2.05, 4.69) is 30.3 Å². The van der Waals surface area contributed by atoms with E-state index in [1.54, 1.807) is 16.2 Å². The van der Waals surface area contributed by atoms with Gasteiger partial charge >= 0.3 is 6.09 Å². The van der Waals surface area contributed by atoms with Crippen LogP contribution in [0.1, 0.15) is 36.1 Å². The van der Waals surface area contributed by atoms with Crippen molar-refractivity contribution in [2.24, 2.45) is 0 Å². The molecule has 138 valence electrons. The summed E-state index contributed by atoms with van der Waals surface area (Å²) in [7, 11) is 2.20. The molecule has 1 amide bonds. The molecule has 2 bridgehead atoms. The van der Waals surface area contributed by atoms with E-state index in [-0.39, 0.29) is 12.2 Å². The van der Waals surface area contributed by atoms with Crippen molar-refractivity contribution < 1.29 is 9.53 Å². The Hall–Kier alpha value is -1.85. The number of nitrogens with zero attached hydrogens (tertiary/aromatic N) is 2. The highest BCUT2D eigenvalue weighted by atomic mass is 32.1. The molecule has 5 heteroatoms. The lowest BCUT2D eigenvalue weighted by molar-refractivity contribution is 0.0314. The molecule has 1 aromatic heterocycles. The van der Waals surface area contributed by atoms with Crippen LogP contribution < -0.4 is 4.90 Å². The largest absolute Gasteiger partial charge is 0.446 e. The number of para-hydroxylation sites is 1. The van der Waals surface area contributed by atoms with Crippen molar-refractivity contribution in [2.75, 3.05) is 11.9 Å². The molecule has 26 heavy (non-hydrogen) atoms. The van der Waals surface area contributed by atoms with Gasteiger partial charge in [-0.2, -0.15) is 0 Å². The van der Waals surface area contributed by atoms with Gasteiger partial charge in [-0.25, -0.2) is 4.79 Å². The normalized spacial score (nSPS) is 25.2. The number of rotatable bonds is 4. The minimum absolute atomic E-state index is 0.0341. The Bertz CT molecular complexity index is 746. The van der Waals surface area contributed by atoms with E-state index in [0.717, 1.165) is 18.5 Å². The van der Waals surface area contributed by atoms with E-state index in [1.165, 1.54) is 23.3 Å². The zero-order chi connectivity index (χ0) is 18.1. The van der Waals surface area contributed by atoms with Gasteiger partial charge in [0.15, 0.2) is 0 Å². The molecule has 0 N–H and O–H groups in total. The zero-order valence-electron chi connectivity index (χ0n) is 15.4. The van der Waals surface area contributed by atoms with Crippen LogP contribution in [0.3, 0.4) is 0 Å². The monoisotopic (exact) mass is 370 g/mol. The quantitative estimate of drug-likeness (QED) is 0.773. The number of carbonyl (C=O) groups is 1. The predicted molar refractivity (Wildman–Crippen MR) is 106 cm³/mol. The predicted octanol–water partition coefficient (Wildman–Crippen LogP) is 4.82. The molecule has 0 radical (unpaired) electrons. The van der Waals surface area contributed by atoms with Crippen LogP contribution in [-0.2, 0) is 11.3 Å². The Labute approximate surface area is 159 Å². The van der Waals surface area contributed by atoms with E-state index < -0.39 is 0 Å². The highest BCUT2D eigenvalue weighted by molar-refractivity contribution is 7.10. The van der Waals surface area contributed by atoms with Gasteiger partial charge < -0.3 is 9.64 Å². The first-order chi connectivity index (χ1) is 12.6. The number of benzene rings is 1. The zero-order valence-corrected chi connectivity index (χ0v) is 16.2. The van der Waals surface area contributed by atoms with Crippen LogP contribution in [0.2, 0.25) is 0 Å². The van der Waals surface area contributed by atoms with Crippen molar-refractivity contribution in [2.45, 2.75) is 57.3 Å². The Morgan fingerprint density at radius 1 is 1.19 bits per heavy atom. The van der Waals surface area contributed by atoms with Gasteiger partial charge in [0.1, 0.15) is 6.10 Å². The third-order valence-corrected chi connectivity index (χ3v) is 6.89. The van der Waals surface area contributed by atoms with Crippen LogP contribution in [0.4, 0.5) is 10.5 Å². The first-order valence-corrected chi connectivity index (χ1v) is 10.3. The van der Waals surface area contributed by atoms with Crippen LogP contribution in [0.25, 0.3) is 0 Å². The Kier molecular flexibility index (Phi) is 5.00. The van der Waals surface area contributed by atoms with Crippen LogP contribution in [0.5, 0.6) is 0 Å². The molecule has 1 unspecified atom stereocenters. The number of piperidine rings is 1. The molecular weight excluding hydrogens is 344 g/mol. The lowest BCUT2D eigenvalue weighted by Crippen LogP contribution is -2.45. The number of hydrogen-bond donors (Lipinski definition) is 0. The van der Waals surface area contributed by atoms with E-state index >= 15 is 0 Å². The minimum Gasteiger partial charge on any atom is -0.446 e. The molecule has 2 aliphatic heterocycles. The molecule has 2 aliphatic rings. The third kappa shape index (κ3) is 3.51. The fourth-order valence-corrected chi connectivity index (χ4v) is 5.14. The third-order valence-electron chi connectivity index (χ3n) is 5.88. The minimum atomic E-state index is -0.224. The first kappa shape index (κ1) is 17.6. The van der Waals surface area contributed by atoms with Crippen LogP contribution in [-0.4, -0.2) is 36.2 Å². The van der Waals surface area contributed by atoms with E-state index in [9.17, 15) is 4.79 Å². The highest BCUT2D eigenvalue weighted by Crippen LogP contribution is 2.36. The van der Waals surface area contributed by atoms with Gasteiger partial charge in [-0.15, -0.1) is 11.3 Å². The molecule has 4 rings (SSSR count). The molecule has 1 aromatic carbocycles. The van der Waals surface area contributed by atoms with Crippen LogP contribution in [0.15, 0.2) is 41.8 Å². The van der Waals surface area contributed by atoms with Gasteiger partial charge in [-0.3, -0.25) is 4.90 Å². The molecular formula is C21H26N2O2S. The van der Waals surface area contributed by atoms with Gasteiger partial charge in [-0.05, 0) is 56.0 Å². The number of anilines is 1. The van der Waals surface area contributed by atoms with Crippen molar-refractivity contribution in [3.05, 3.63) is 52.2 Å². The molecule has 0 aliphatic carbocycles. The number of fused-ring (bicyclic) bond motifs is 2. The summed E-state index contributed by atoms with van der Waals surface area (Å²) in [6.45, 7) is 2.65. The summed E-state index contributed by atoms with van der Waals surface area (Å²) < 4.78 is 5.99. The fraction of sp³-hybridized carbons (Fsp3) is 0.476. The molecule has 3 atom stereocenters. The van der Waals surface area contributed by atoms with E-state index in [1.807, 2.05) is 30.3 Å². The number of carbonyl (C=O) groups excluding carboxylic acids is 1. The van der Waals surface area contributed by atoms with E-state index in [4.69, 9.17) is 4.74 Å². The summed E-state index contributed by atoms with van der Waals surface area (Å²) >= 11 is 1.69. The molecule has 2 fully saturated rings. The maximum absolute atomic E-state index is 13.1. The molecule has 3 heterocycles. The van der Waals surface area contributed by atoms with Gasteiger partial charge in [0.2, 0.25) is 0 Å². The SMILES string of the molecule is Cc1ccsc1CN(C(=O)OC1C[C@H]2CC[C@@H](C1)N2C)c1ccccc1. The van der Waals surface area contributed by atoms with E-state index in [0.29, 0.717) is 18.6 Å². The molecule has 4 nitrogen and oxygen atoms in total.